The van der Waals surface area contributed by atoms with Gasteiger partial charge in [-0.1, -0.05) is 32.0 Å². The van der Waals surface area contributed by atoms with E-state index >= 15 is 0 Å². The van der Waals surface area contributed by atoms with E-state index in [9.17, 15) is 4.79 Å². The molecule has 0 spiro atoms. The van der Waals surface area contributed by atoms with Crippen LogP contribution < -0.4 is 5.48 Å². The van der Waals surface area contributed by atoms with Gasteiger partial charge in [-0.2, -0.15) is 0 Å². The molecule has 0 fully saturated rings. The van der Waals surface area contributed by atoms with Gasteiger partial charge in [0.15, 0.2) is 5.78 Å². The van der Waals surface area contributed by atoms with E-state index in [-0.39, 0.29) is 12.4 Å². The molecular formula is C12H17NO2. The van der Waals surface area contributed by atoms with E-state index < -0.39 is 0 Å². The normalized spacial score (nSPS) is 10.3. The second-order valence-corrected chi connectivity index (χ2v) is 3.89. The molecule has 0 saturated carbocycles. The van der Waals surface area contributed by atoms with Crippen molar-refractivity contribution in [3.8, 4) is 0 Å². The fourth-order valence-corrected chi connectivity index (χ4v) is 1.22. The first-order valence-electron chi connectivity index (χ1n) is 5.13. The highest BCUT2D eigenvalue weighted by molar-refractivity contribution is 5.79. The van der Waals surface area contributed by atoms with Crippen molar-refractivity contribution in [3.63, 3.8) is 0 Å². The van der Waals surface area contributed by atoms with Gasteiger partial charge in [0.25, 0.3) is 0 Å². The van der Waals surface area contributed by atoms with Gasteiger partial charge in [-0.15, -0.1) is 0 Å². The molecule has 0 bridgehead atoms. The highest BCUT2D eigenvalue weighted by atomic mass is 16.6. The molecule has 82 valence electrons. The SMILES string of the molecule is CC(C)CC(=O)CONc1ccccc1. The minimum atomic E-state index is 0.118. The maximum Gasteiger partial charge on any atom is 0.161 e. The van der Waals surface area contributed by atoms with Crippen molar-refractivity contribution in [1.82, 2.24) is 0 Å². The lowest BCUT2D eigenvalue weighted by atomic mass is 10.1. The summed E-state index contributed by atoms with van der Waals surface area (Å²) in [7, 11) is 0. The number of carbonyl (C=O) groups is 1. The number of ketones is 1. The summed E-state index contributed by atoms with van der Waals surface area (Å²) >= 11 is 0. The fourth-order valence-electron chi connectivity index (χ4n) is 1.22. The summed E-state index contributed by atoms with van der Waals surface area (Å²) in [5.74, 6) is 0.506. The molecule has 0 atom stereocenters. The number of benzene rings is 1. The monoisotopic (exact) mass is 207 g/mol. The lowest BCUT2D eigenvalue weighted by Crippen LogP contribution is -2.14. The maximum absolute atomic E-state index is 11.3. The number of rotatable bonds is 6. The maximum atomic E-state index is 11.3. The summed E-state index contributed by atoms with van der Waals surface area (Å²) in [5, 5.41) is 0. The van der Waals surface area contributed by atoms with Crippen LogP contribution in [-0.4, -0.2) is 12.4 Å². The van der Waals surface area contributed by atoms with Crippen LogP contribution in [0.15, 0.2) is 30.3 Å². The Kier molecular flexibility index (Phi) is 4.84. The molecule has 0 radical (unpaired) electrons. The van der Waals surface area contributed by atoms with E-state index in [0.29, 0.717) is 12.3 Å². The van der Waals surface area contributed by atoms with Crippen molar-refractivity contribution in [2.24, 2.45) is 5.92 Å². The Hall–Kier alpha value is -1.35. The standard InChI is InChI=1S/C12H17NO2/c1-10(2)8-12(14)9-15-13-11-6-4-3-5-7-11/h3-7,10,13H,8-9H2,1-2H3. The third-order valence-corrected chi connectivity index (χ3v) is 1.83. The molecule has 1 aromatic rings. The molecule has 0 aliphatic carbocycles. The van der Waals surface area contributed by atoms with Crippen LogP contribution in [0.5, 0.6) is 0 Å². The smallest absolute Gasteiger partial charge is 0.161 e. The van der Waals surface area contributed by atoms with Gasteiger partial charge in [-0.3, -0.25) is 15.1 Å². The molecule has 3 nitrogen and oxygen atoms in total. The Morgan fingerprint density at radius 3 is 2.60 bits per heavy atom. The molecule has 0 aliphatic rings. The first-order chi connectivity index (χ1) is 7.18. The average molecular weight is 207 g/mol. The van der Waals surface area contributed by atoms with Gasteiger partial charge in [0.1, 0.15) is 6.61 Å². The molecule has 0 heterocycles. The van der Waals surface area contributed by atoms with E-state index in [1.54, 1.807) is 0 Å². The van der Waals surface area contributed by atoms with Gasteiger partial charge < -0.3 is 0 Å². The van der Waals surface area contributed by atoms with Crippen LogP contribution in [0.4, 0.5) is 5.69 Å². The molecule has 0 aromatic heterocycles. The van der Waals surface area contributed by atoms with Gasteiger partial charge in [0, 0.05) is 6.42 Å². The van der Waals surface area contributed by atoms with Crippen molar-refractivity contribution in [1.29, 1.82) is 0 Å². The van der Waals surface area contributed by atoms with Crippen LogP contribution in [0.2, 0.25) is 0 Å². The second kappa shape index (κ2) is 6.19. The Morgan fingerprint density at radius 2 is 2.00 bits per heavy atom. The van der Waals surface area contributed by atoms with E-state index in [4.69, 9.17) is 4.84 Å². The number of nitrogens with one attached hydrogen (secondary N) is 1. The predicted molar refractivity (Wildman–Crippen MR) is 60.5 cm³/mol. The summed E-state index contributed by atoms with van der Waals surface area (Å²) in [6.45, 7) is 4.15. The fraction of sp³-hybridized carbons (Fsp3) is 0.417. The third-order valence-electron chi connectivity index (χ3n) is 1.83. The first-order valence-corrected chi connectivity index (χ1v) is 5.13. The number of carbonyl (C=O) groups excluding carboxylic acids is 1. The molecule has 3 heteroatoms. The molecule has 0 saturated heterocycles. The van der Waals surface area contributed by atoms with Crippen LogP contribution in [-0.2, 0) is 9.63 Å². The number of hydrogen-bond acceptors (Lipinski definition) is 3. The van der Waals surface area contributed by atoms with E-state index in [0.717, 1.165) is 5.69 Å². The average Bonchev–Trinajstić information content (AvgIpc) is 2.18. The quantitative estimate of drug-likeness (QED) is 0.729. The Morgan fingerprint density at radius 1 is 1.33 bits per heavy atom. The van der Waals surface area contributed by atoms with E-state index in [2.05, 4.69) is 5.48 Å². The zero-order valence-corrected chi connectivity index (χ0v) is 9.19. The second-order valence-electron chi connectivity index (χ2n) is 3.89. The van der Waals surface area contributed by atoms with Gasteiger partial charge in [-0.25, -0.2) is 0 Å². The number of hydrogen-bond donors (Lipinski definition) is 1. The molecule has 15 heavy (non-hydrogen) atoms. The lowest BCUT2D eigenvalue weighted by Gasteiger charge is -2.07. The zero-order chi connectivity index (χ0) is 11.1. The van der Waals surface area contributed by atoms with Gasteiger partial charge in [0.05, 0.1) is 5.69 Å². The number of anilines is 1. The third kappa shape index (κ3) is 5.18. The summed E-state index contributed by atoms with van der Waals surface area (Å²) in [6.07, 6.45) is 0.566. The minimum absolute atomic E-state index is 0.118. The lowest BCUT2D eigenvalue weighted by molar-refractivity contribution is -0.123. The van der Waals surface area contributed by atoms with Gasteiger partial charge in [0.2, 0.25) is 0 Å². The van der Waals surface area contributed by atoms with Crippen LogP contribution in [0.3, 0.4) is 0 Å². The van der Waals surface area contributed by atoms with Crippen molar-refractivity contribution in [2.75, 3.05) is 12.1 Å². The van der Waals surface area contributed by atoms with Crippen molar-refractivity contribution in [2.45, 2.75) is 20.3 Å². The van der Waals surface area contributed by atoms with Crippen LogP contribution in [0.25, 0.3) is 0 Å². The van der Waals surface area contributed by atoms with E-state index in [1.807, 2.05) is 44.2 Å². The van der Waals surface area contributed by atoms with Crippen molar-refractivity contribution >= 4 is 11.5 Å². The zero-order valence-electron chi connectivity index (χ0n) is 9.19. The highest BCUT2D eigenvalue weighted by Crippen LogP contribution is 2.05. The van der Waals surface area contributed by atoms with Gasteiger partial charge in [-0.05, 0) is 18.1 Å². The minimum Gasteiger partial charge on any atom is -0.297 e. The topological polar surface area (TPSA) is 38.3 Å². The molecule has 1 N–H and O–H groups in total. The van der Waals surface area contributed by atoms with Crippen molar-refractivity contribution < 1.29 is 9.63 Å². The Bertz CT molecular complexity index is 296. The Labute approximate surface area is 90.4 Å². The van der Waals surface area contributed by atoms with Crippen LogP contribution >= 0.6 is 0 Å². The van der Waals surface area contributed by atoms with Crippen molar-refractivity contribution in [3.05, 3.63) is 30.3 Å². The molecular weight excluding hydrogens is 190 g/mol. The highest BCUT2D eigenvalue weighted by Gasteiger charge is 2.04. The predicted octanol–water partition coefficient (Wildman–Crippen LogP) is 2.65. The summed E-state index contributed by atoms with van der Waals surface area (Å²) in [5.41, 5.74) is 3.58. The largest absolute Gasteiger partial charge is 0.297 e. The van der Waals surface area contributed by atoms with Crippen LogP contribution in [0.1, 0.15) is 20.3 Å². The van der Waals surface area contributed by atoms with Gasteiger partial charge >= 0.3 is 0 Å². The van der Waals surface area contributed by atoms with Crippen LogP contribution in [0, 0.1) is 5.92 Å². The molecule has 1 rings (SSSR count). The first kappa shape index (κ1) is 11.7. The molecule has 1 aromatic carbocycles. The molecule has 0 amide bonds. The summed E-state index contributed by atoms with van der Waals surface area (Å²) in [4.78, 5) is 16.4. The molecule has 0 unspecified atom stereocenters. The van der Waals surface area contributed by atoms with E-state index in [1.165, 1.54) is 0 Å². The number of Topliss-reactive ketones (excluding diaryl/α,β-unsaturated/α-hetero) is 1. The summed E-state index contributed by atoms with van der Waals surface area (Å²) in [6, 6.07) is 9.50. The number of para-hydroxylation sites is 1. The summed E-state index contributed by atoms with van der Waals surface area (Å²) < 4.78 is 0. The molecule has 0 aliphatic heterocycles. The Balaban J connectivity index is 2.19.